The number of ether oxygens (including phenoxy) is 1. The van der Waals surface area contributed by atoms with Crippen LogP contribution in [0.3, 0.4) is 0 Å². The van der Waals surface area contributed by atoms with E-state index in [0.29, 0.717) is 37.6 Å². The van der Waals surface area contributed by atoms with Gasteiger partial charge in [-0.05, 0) is 43.0 Å². The summed E-state index contributed by atoms with van der Waals surface area (Å²) in [4.78, 5) is 15.5. The molecule has 0 bridgehead atoms. The quantitative estimate of drug-likeness (QED) is 0.785. The topological polar surface area (TPSA) is 80.1 Å². The molecule has 4 N–H and O–H groups in total. The Hall–Kier alpha value is -1.27. The number of fused-ring (bicyclic) bond motifs is 1. The first-order valence-electron chi connectivity index (χ1n) is 7.49. The lowest BCUT2D eigenvalue weighted by Gasteiger charge is -2.31. The Morgan fingerprint density at radius 1 is 1.39 bits per heavy atom. The van der Waals surface area contributed by atoms with Gasteiger partial charge in [0.15, 0.2) is 0 Å². The van der Waals surface area contributed by atoms with Crippen molar-refractivity contribution in [1.29, 1.82) is 0 Å². The van der Waals surface area contributed by atoms with Crippen molar-refractivity contribution in [3.63, 3.8) is 0 Å². The molecule has 1 fully saturated rings. The predicted molar refractivity (Wildman–Crippen MR) is 94.2 cm³/mol. The van der Waals surface area contributed by atoms with Gasteiger partial charge in [0.2, 0.25) is 5.91 Å². The summed E-state index contributed by atoms with van der Waals surface area (Å²) in [5, 5.41) is 4.75. The molecule has 0 saturated carbocycles. The minimum absolute atomic E-state index is 0. The molecule has 0 aliphatic carbocycles. The number of hydrogen-bond acceptors (Lipinski definition) is 3. The van der Waals surface area contributed by atoms with Gasteiger partial charge in [0, 0.05) is 41.9 Å². The van der Waals surface area contributed by atoms with Gasteiger partial charge in [0.05, 0.1) is 5.54 Å². The molecule has 1 aliphatic rings. The molecule has 1 amide bonds. The third-order valence-electron chi connectivity index (χ3n) is 4.25. The summed E-state index contributed by atoms with van der Waals surface area (Å²) in [7, 11) is 0. The summed E-state index contributed by atoms with van der Waals surface area (Å²) in [5.41, 5.74) is 7.55. The largest absolute Gasteiger partial charge is 0.381 e. The Bertz CT molecular complexity index is 681. The van der Waals surface area contributed by atoms with E-state index < -0.39 is 5.54 Å². The summed E-state index contributed by atoms with van der Waals surface area (Å²) in [6.45, 7) is 1.65. The number of amides is 1. The van der Waals surface area contributed by atoms with Crippen LogP contribution in [0.25, 0.3) is 10.9 Å². The van der Waals surface area contributed by atoms with Crippen LogP contribution < -0.4 is 11.1 Å². The zero-order valence-corrected chi connectivity index (χ0v) is 14.3. The van der Waals surface area contributed by atoms with E-state index in [1.165, 1.54) is 0 Å². The van der Waals surface area contributed by atoms with E-state index in [1.54, 1.807) is 0 Å². The van der Waals surface area contributed by atoms with E-state index in [-0.39, 0.29) is 18.3 Å². The van der Waals surface area contributed by atoms with Crippen molar-refractivity contribution in [3.05, 3.63) is 35.0 Å². The Morgan fingerprint density at radius 2 is 2.13 bits per heavy atom. The van der Waals surface area contributed by atoms with Crippen LogP contribution in [-0.4, -0.2) is 36.2 Å². The van der Waals surface area contributed by atoms with Gasteiger partial charge in [-0.15, -0.1) is 12.4 Å². The molecule has 126 valence electrons. The second kappa shape index (κ2) is 7.53. The molecule has 5 nitrogen and oxygen atoms in total. The molecule has 23 heavy (non-hydrogen) atoms. The van der Waals surface area contributed by atoms with Crippen molar-refractivity contribution < 1.29 is 9.53 Å². The number of aromatic amines is 1. The maximum atomic E-state index is 12.2. The van der Waals surface area contributed by atoms with Crippen LogP contribution in [0.4, 0.5) is 0 Å². The van der Waals surface area contributed by atoms with Crippen molar-refractivity contribution in [3.8, 4) is 0 Å². The maximum absolute atomic E-state index is 12.2. The molecule has 2 heterocycles. The lowest BCUT2D eigenvalue weighted by molar-refractivity contribution is -0.129. The van der Waals surface area contributed by atoms with Gasteiger partial charge in [-0.1, -0.05) is 11.6 Å². The van der Waals surface area contributed by atoms with Crippen LogP contribution in [0.15, 0.2) is 24.4 Å². The first-order valence-corrected chi connectivity index (χ1v) is 7.87. The zero-order valence-electron chi connectivity index (χ0n) is 12.7. The molecule has 7 heteroatoms. The Balaban J connectivity index is 0.00000192. The lowest BCUT2D eigenvalue weighted by Crippen LogP contribution is -2.57. The fourth-order valence-electron chi connectivity index (χ4n) is 2.81. The number of carbonyl (C=O) groups excluding carboxylic acids is 1. The van der Waals surface area contributed by atoms with Crippen LogP contribution in [-0.2, 0) is 16.0 Å². The number of benzene rings is 1. The molecule has 1 aliphatic heterocycles. The molecule has 2 aromatic rings. The third-order valence-corrected chi connectivity index (χ3v) is 4.48. The predicted octanol–water partition coefficient (Wildman–Crippen LogP) is 2.41. The smallest absolute Gasteiger partial charge is 0.240 e. The summed E-state index contributed by atoms with van der Waals surface area (Å²) in [6, 6.07) is 5.75. The lowest BCUT2D eigenvalue weighted by atomic mass is 9.90. The van der Waals surface area contributed by atoms with Gasteiger partial charge in [-0.25, -0.2) is 0 Å². The van der Waals surface area contributed by atoms with Gasteiger partial charge >= 0.3 is 0 Å². The third kappa shape index (κ3) is 3.98. The number of rotatable bonds is 4. The van der Waals surface area contributed by atoms with E-state index in [9.17, 15) is 4.79 Å². The van der Waals surface area contributed by atoms with Gasteiger partial charge in [0.25, 0.3) is 0 Å². The number of carbonyl (C=O) groups is 1. The highest BCUT2D eigenvalue weighted by Gasteiger charge is 2.35. The molecular formula is C16H21Cl2N3O2. The van der Waals surface area contributed by atoms with Crippen molar-refractivity contribution >= 4 is 40.8 Å². The highest BCUT2D eigenvalue weighted by Crippen LogP contribution is 2.23. The molecule has 1 saturated heterocycles. The van der Waals surface area contributed by atoms with Crippen LogP contribution in [0.1, 0.15) is 18.4 Å². The van der Waals surface area contributed by atoms with Crippen molar-refractivity contribution in [2.75, 3.05) is 19.8 Å². The molecule has 1 aromatic heterocycles. The molecule has 0 atom stereocenters. The van der Waals surface area contributed by atoms with E-state index in [2.05, 4.69) is 10.3 Å². The number of hydrogen-bond donors (Lipinski definition) is 3. The average Bonchev–Trinajstić information content (AvgIpc) is 2.90. The van der Waals surface area contributed by atoms with Gasteiger partial charge in [0.1, 0.15) is 0 Å². The van der Waals surface area contributed by atoms with Gasteiger partial charge < -0.3 is 20.8 Å². The molecule has 0 unspecified atom stereocenters. The summed E-state index contributed by atoms with van der Waals surface area (Å²) < 4.78 is 5.26. The van der Waals surface area contributed by atoms with Crippen LogP contribution >= 0.6 is 24.0 Å². The highest BCUT2D eigenvalue weighted by atomic mass is 35.5. The SMILES string of the molecule is Cl.NC1(C(=O)NCCc2c[nH]c3ccc(Cl)cc23)CCOCC1. The number of halogens is 2. The normalized spacial score (nSPS) is 16.8. The Labute approximate surface area is 146 Å². The van der Waals surface area contributed by atoms with Crippen LogP contribution in [0.2, 0.25) is 5.02 Å². The first-order chi connectivity index (χ1) is 10.6. The minimum atomic E-state index is -0.790. The van der Waals surface area contributed by atoms with Crippen LogP contribution in [0.5, 0.6) is 0 Å². The number of nitrogens with one attached hydrogen (secondary N) is 2. The van der Waals surface area contributed by atoms with E-state index in [0.717, 1.165) is 22.9 Å². The molecule has 3 rings (SSSR count). The Morgan fingerprint density at radius 3 is 2.87 bits per heavy atom. The molecule has 1 aromatic carbocycles. The average molecular weight is 358 g/mol. The molecular weight excluding hydrogens is 337 g/mol. The van der Waals surface area contributed by atoms with E-state index in [1.807, 2.05) is 24.4 Å². The summed E-state index contributed by atoms with van der Waals surface area (Å²) in [5.74, 6) is -0.0892. The van der Waals surface area contributed by atoms with Crippen LogP contribution in [0, 0.1) is 0 Å². The second-order valence-electron chi connectivity index (χ2n) is 5.78. The van der Waals surface area contributed by atoms with Gasteiger partial charge in [-0.2, -0.15) is 0 Å². The molecule has 0 spiro atoms. The van der Waals surface area contributed by atoms with Crippen molar-refractivity contribution in [1.82, 2.24) is 10.3 Å². The number of H-pyrrole nitrogens is 1. The summed E-state index contributed by atoms with van der Waals surface area (Å²) in [6.07, 6.45) is 3.83. The second-order valence-corrected chi connectivity index (χ2v) is 6.21. The number of nitrogens with two attached hydrogens (primary N) is 1. The maximum Gasteiger partial charge on any atom is 0.240 e. The highest BCUT2D eigenvalue weighted by molar-refractivity contribution is 6.31. The van der Waals surface area contributed by atoms with Crippen molar-refractivity contribution in [2.24, 2.45) is 5.73 Å². The van der Waals surface area contributed by atoms with Gasteiger partial charge in [-0.3, -0.25) is 4.79 Å². The summed E-state index contributed by atoms with van der Waals surface area (Å²) >= 11 is 6.04. The van der Waals surface area contributed by atoms with E-state index >= 15 is 0 Å². The first kappa shape index (κ1) is 18.1. The monoisotopic (exact) mass is 357 g/mol. The van der Waals surface area contributed by atoms with Crippen molar-refractivity contribution in [2.45, 2.75) is 24.8 Å². The fourth-order valence-corrected chi connectivity index (χ4v) is 2.98. The minimum Gasteiger partial charge on any atom is -0.381 e. The Kier molecular flexibility index (Phi) is 5.92. The number of aromatic nitrogens is 1. The fraction of sp³-hybridized carbons (Fsp3) is 0.438. The van der Waals surface area contributed by atoms with E-state index in [4.69, 9.17) is 22.1 Å². The zero-order chi connectivity index (χ0) is 15.6. The molecule has 0 radical (unpaired) electrons. The standard InChI is InChI=1S/C16H20ClN3O2.ClH/c17-12-1-2-14-13(9-12)11(10-20-14)3-6-19-15(21)16(18)4-7-22-8-5-16;/h1-2,9-10,20H,3-8,18H2,(H,19,21);1H.